The Morgan fingerprint density at radius 2 is 1.60 bits per heavy atom. The van der Waals surface area contributed by atoms with Crippen LogP contribution < -0.4 is 15.0 Å². The minimum atomic E-state index is -0.481. The normalized spacial score (nSPS) is 14.4. The van der Waals surface area contributed by atoms with Gasteiger partial charge in [-0.15, -0.1) is 0 Å². The number of likely N-dealkylation sites (N-methyl/N-ethyl adjacent to an activating group) is 1. The second-order valence-electron chi connectivity index (χ2n) is 6.94. The van der Waals surface area contributed by atoms with Gasteiger partial charge in [0.05, 0.1) is 41.2 Å². The fourth-order valence-electron chi connectivity index (χ4n) is 3.28. The van der Waals surface area contributed by atoms with Crippen LogP contribution in [0.4, 0.5) is 11.4 Å². The molecule has 1 saturated heterocycles. The van der Waals surface area contributed by atoms with Gasteiger partial charge in [-0.05, 0) is 37.4 Å². The number of esters is 1. The van der Waals surface area contributed by atoms with Gasteiger partial charge < -0.3 is 24.6 Å². The largest absolute Gasteiger partial charge is 0.494 e. The van der Waals surface area contributed by atoms with Crippen molar-refractivity contribution >= 4 is 46.5 Å². The lowest BCUT2D eigenvalue weighted by Crippen LogP contribution is -2.44. The Bertz CT molecular complexity index is 936. The number of piperazine rings is 1. The summed E-state index contributed by atoms with van der Waals surface area (Å²) in [6.45, 7) is 3.40. The Morgan fingerprint density at radius 1 is 0.967 bits per heavy atom. The molecule has 0 bridgehead atoms. The Hall–Kier alpha value is -2.48. The van der Waals surface area contributed by atoms with E-state index in [1.807, 2.05) is 6.07 Å². The number of carbonyl (C=O) groups excluding carboxylic acids is 2. The van der Waals surface area contributed by atoms with Gasteiger partial charge in [0.25, 0.3) is 5.91 Å². The molecular weight excluding hydrogens is 429 g/mol. The van der Waals surface area contributed by atoms with Crippen LogP contribution in [0.2, 0.25) is 10.0 Å². The molecule has 0 spiro atoms. The number of halogens is 2. The predicted octanol–water partition coefficient (Wildman–Crippen LogP) is 3.79. The van der Waals surface area contributed by atoms with Gasteiger partial charge in [-0.25, -0.2) is 4.79 Å². The van der Waals surface area contributed by atoms with Crippen molar-refractivity contribution in [2.45, 2.75) is 0 Å². The molecule has 9 heteroatoms. The zero-order valence-electron chi connectivity index (χ0n) is 17.0. The average Bonchev–Trinajstić information content (AvgIpc) is 2.73. The monoisotopic (exact) mass is 451 g/mol. The third-order valence-corrected chi connectivity index (χ3v) is 5.54. The second kappa shape index (κ2) is 9.55. The van der Waals surface area contributed by atoms with Crippen LogP contribution in [0.15, 0.2) is 30.3 Å². The molecule has 0 atom stereocenters. The van der Waals surface area contributed by atoms with Crippen LogP contribution in [0.3, 0.4) is 0 Å². The molecule has 2 aromatic carbocycles. The highest BCUT2D eigenvalue weighted by atomic mass is 35.5. The maximum absolute atomic E-state index is 12.9. The van der Waals surface area contributed by atoms with E-state index in [0.29, 0.717) is 17.0 Å². The van der Waals surface area contributed by atoms with Crippen molar-refractivity contribution in [3.63, 3.8) is 0 Å². The van der Waals surface area contributed by atoms with E-state index < -0.39 is 11.9 Å². The molecule has 1 amide bonds. The molecule has 2 aromatic rings. The molecule has 1 heterocycles. The highest BCUT2D eigenvalue weighted by molar-refractivity contribution is 6.37. The molecule has 1 fully saturated rings. The molecule has 160 valence electrons. The number of hydrogen-bond donors (Lipinski definition) is 1. The van der Waals surface area contributed by atoms with Crippen LogP contribution in [-0.4, -0.2) is 64.2 Å². The van der Waals surface area contributed by atoms with E-state index in [2.05, 4.69) is 22.2 Å². The van der Waals surface area contributed by atoms with Gasteiger partial charge in [-0.2, -0.15) is 0 Å². The number of ether oxygens (including phenoxy) is 2. The highest BCUT2D eigenvalue weighted by Crippen LogP contribution is 2.35. The van der Waals surface area contributed by atoms with Crippen LogP contribution in [0.1, 0.15) is 20.7 Å². The van der Waals surface area contributed by atoms with Gasteiger partial charge >= 0.3 is 5.97 Å². The Balaban J connectivity index is 1.94. The summed E-state index contributed by atoms with van der Waals surface area (Å²) in [6.07, 6.45) is 0. The lowest BCUT2D eigenvalue weighted by molar-refractivity contribution is 0.0600. The first kappa shape index (κ1) is 22.2. The van der Waals surface area contributed by atoms with Gasteiger partial charge in [-0.1, -0.05) is 23.2 Å². The fourth-order valence-corrected chi connectivity index (χ4v) is 3.93. The van der Waals surface area contributed by atoms with E-state index in [1.165, 1.54) is 26.4 Å². The van der Waals surface area contributed by atoms with Crippen LogP contribution in [0, 0.1) is 0 Å². The highest BCUT2D eigenvalue weighted by Gasteiger charge is 2.21. The molecule has 0 unspecified atom stereocenters. The third kappa shape index (κ3) is 4.80. The second-order valence-corrected chi connectivity index (χ2v) is 7.76. The third-order valence-electron chi connectivity index (χ3n) is 4.97. The molecule has 1 N–H and O–H groups in total. The van der Waals surface area contributed by atoms with Crippen molar-refractivity contribution in [3.8, 4) is 5.75 Å². The number of benzene rings is 2. The van der Waals surface area contributed by atoms with Crippen LogP contribution in [-0.2, 0) is 4.74 Å². The zero-order chi connectivity index (χ0) is 21.8. The number of amides is 1. The maximum atomic E-state index is 12.9. The first-order chi connectivity index (χ1) is 14.3. The Labute approximate surface area is 185 Å². The number of carbonyl (C=O) groups is 2. The molecule has 0 saturated carbocycles. The van der Waals surface area contributed by atoms with Gasteiger partial charge in [0.2, 0.25) is 0 Å². The standard InChI is InChI=1S/C21H23Cl2N3O4/c1-25-6-8-26(9-7-25)18-5-4-13(21(28)30-3)12-17(18)24-20(27)14-10-15(22)19(29-2)16(23)11-14/h4-5,10-12H,6-9H2,1-3H3,(H,24,27). The Kier molecular flexibility index (Phi) is 7.07. The fraction of sp³-hybridized carbons (Fsp3) is 0.333. The summed E-state index contributed by atoms with van der Waals surface area (Å²) in [5.74, 6) is -0.578. The number of rotatable bonds is 5. The summed E-state index contributed by atoms with van der Waals surface area (Å²) in [5.41, 5.74) is 1.96. The van der Waals surface area contributed by atoms with Crippen molar-refractivity contribution in [1.82, 2.24) is 4.90 Å². The lowest BCUT2D eigenvalue weighted by atomic mass is 10.1. The molecule has 3 rings (SSSR count). The van der Waals surface area contributed by atoms with Crippen molar-refractivity contribution in [2.24, 2.45) is 0 Å². The summed E-state index contributed by atoms with van der Waals surface area (Å²) in [5, 5.41) is 3.35. The zero-order valence-corrected chi connectivity index (χ0v) is 18.5. The molecule has 30 heavy (non-hydrogen) atoms. The minimum Gasteiger partial charge on any atom is -0.494 e. The van der Waals surface area contributed by atoms with Gasteiger partial charge in [0.1, 0.15) is 0 Å². The summed E-state index contributed by atoms with van der Waals surface area (Å²) >= 11 is 12.3. The van der Waals surface area contributed by atoms with E-state index >= 15 is 0 Å². The maximum Gasteiger partial charge on any atom is 0.337 e. The topological polar surface area (TPSA) is 71.1 Å². The van der Waals surface area contributed by atoms with Crippen LogP contribution in [0.25, 0.3) is 0 Å². The lowest BCUT2D eigenvalue weighted by Gasteiger charge is -2.35. The molecular formula is C21H23Cl2N3O4. The smallest absolute Gasteiger partial charge is 0.337 e. The molecule has 0 aliphatic carbocycles. The van der Waals surface area contributed by atoms with E-state index in [9.17, 15) is 9.59 Å². The van der Waals surface area contributed by atoms with E-state index in [1.54, 1.807) is 12.1 Å². The van der Waals surface area contributed by atoms with Crippen molar-refractivity contribution in [2.75, 3.05) is 57.7 Å². The average molecular weight is 452 g/mol. The first-order valence-electron chi connectivity index (χ1n) is 9.34. The quantitative estimate of drug-likeness (QED) is 0.697. The van der Waals surface area contributed by atoms with Gasteiger partial charge in [0.15, 0.2) is 5.75 Å². The summed E-state index contributed by atoms with van der Waals surface area (Å²) in [4.78, 5) is 29.4. The van der Waals surface area contributed by atoms with E-state index in [-0.39, 0.29) is 15.6 Å². The molecule has 0 aromatic heterocycles. The summed E-state index contributed by atoms with van der Waals surface area (Å²) in [7, 11) is 4.83. The molecule has 1 aliphatic rings. The Morgan fingerprint density at radius 3 is 2.17 bits per heavy atom. The SMILES string of the molecule is COC(=O)c1ccc(N2CCN(C)CC2)c(NC(=O)c2cc(Cl)c(OC)c(Cl)c2)c1. The van der Waals surface area contributed by atoms with Crippen LogP contribution >= 0.6 is 23.2 Å². The predicted molar refractivity (Wildman–Crippen MR) is 118 cm³/mol. The number of hydrogen-bond acceptors (Lipinski definition) is 6. The van der Waals surface area contributed by atoms with Crippen LogP contribution in [0.5, 0.6) is 5.75 Å². The van der Waals surface area contributed by atoms with Gasteiger partial charge in [-0.3, -0.25) is 4.79 Å². The molecule has 7 nitrogen and oxygen atoms in total. The minimum absolute atomic E-state index is 0.234. The number of anilines is 2. The number of methoxy groups -OCH3 is 2. The van der Waals surface area contributed by atoms with E-state index in [0.717, 1.165) is 31.9 Å². The molecule has 1 aliphatic heterocycles. The summed E-state index contributed by atoms with van der Waals surface area (Å²) < 4.78 is 9.95. The number of nitrogens with one attached hydrogen (secondary N) is 1. The van der Waals surface area contributed by atoms with Crippen molar-refractivity contribution in [1.29, 1.82) is 0 Å². The molecule has 0 radical (unpaired) electrons. The summed E-state index contributed by atoms with van der Waals surface area (Å²) in [6, 6.07) is 8.10. The van der Waals surface area contributed by atoms with Crippen molar-refractivity contribution in [3.05, 3.63) is 51.5 Å². The number of nitrogens with zero attached hydrogens (tertiary/aromatic N) is 2. The van der Waals surface area contributed by atoms with Gasteiger partial charge in [0, 0.05) is 31.7 Å². The van der Waals surface area contributed by atoms with Crippen molar-refractivity contribution < 1.29 is 19.1 Å². The first-order valence-corrected chi connectivity index (χ1v) is 10.1. The van der Waals surface area contributed by atoms with E-state index in [4.69, 9.17) is 32.7 Å².